The van der Waals surface area contributed by atoms with Crippen LogP contribution in [0.2, 0.25) is 0 Å². The number of ether oxygens (including phenoxy) is 1. The van der Waals surface area contributed by atoms with Crippen LogP contribution in [-0.2, 0) is 17.1 Å². The first-order chi connectivity index (χ1) is 12.6. The second kappa shape index (κ2) is 6.61. The molecule has 144 valence electrons. The van der Waals surface area contributed by atoms with Crippen molar-refractivity contribution in [1.29, 1.82) is 0 Å². The number of benzene rings is 1. The smallest absolute Gasteiger partial charge is 0.387 e. The molecule has 27 heavy (non-hydrogen) atoms. The molecule has 2 heterocycles. The van der Waals surface area contributed by atoms with E-state index < -0.39 is 45.3 Å². The molecule has 0 bridgehead atoms. The normalized spacial score (nSPS) is 11.9. The number of hydrogen-bond acceptors (Lipinski definition) is 4. The number of halogens is 4. The standard InChI is InChI=1S/C15H11F4N3O4S/c1-22-3-2-7-12(6-20-13(7)14(22)23)27(24,25)21-10-4-9(17)11(5-8(10)16)26-15(18)19/h2-6,15,20-21H,1H3. The van der Waals surface area contributed by atoms with E-state index in [2.05, 4.69) is 9.72 Å². The highest BCUT2D eigenvalue weighted by atomic mass is 32.2. The maximum Gasteiger partial charge on any atom is 0.387 e. The molecular weight excluding hydrogens is 394 g/mol. The Kier molecular flexibility index (Phi) is 4.59. The molecule has 2 N–H and O–H groups in total. The molecule has 0 saturated carbocycles. The molecular formula is C15H11F4N3O4S. The van der Waals surface area contributed by atoms with E-state index in [4.69, 9.17) is 0 Å². The average molecular weight is 405 g/mol. The number of sulfonamides is 1. The maximum atomic E-state index is 14.0. The highest BCUT2D eigenvalue weighted by Gasteiger charge is 2.23. The summed E-state index contributed by atoms with van der Waals surface area (Å²) >= 11 is 0. The Balaban J connectivity index is 2.02. The van der Waals surface area contributed by atoms with Crippen molar-refractivity contribution in [3.8, 4) is 5.75 Å². The molecule has 0 fully saturated rings. The summed E-state index contributed by atoms with van der Waals surface area (Å²) in [5, 5.41) is 0.0455. The van der Waals surface area contributed by atoms with Gasteiger partial charge in [-0.3, -0.25) is 9.52 Å². The van der Waals surface area contributed by atoms with Gasteiger partial charge in [0.25, 0.3) is 15.6 Å². The van der Waals surface area contributed by atoms with Gasteiger partial charge >= 0.3 is 6.61 Å². The zero-order chi connectivity index (χ0) is 19.9. The van der Waals surface area contributed by atoms with Gasteiger partial charge in [0.05, 0.1) is 5.69 Å². The van der Waals surface area contributed by atoms with E-state index in [1.165, 1.54) is 23.9 Å². The second-order valence-corrected chi connectivity index (χ2v) is 7.07. The number of H-pyrrole nitrogens is 1. The summed E-state index contributed by atoms with van der Waals surface area (Å²) in [5.74, 6) is -3.78. The lowest BCUT2D eigenvalue weighted by molar-refractivity contribution is -0.0523. The number of nitrogens with one attached hydrogen (secondary N) is 2. The largest absolute Gasteiger partial charge is 0.432 e. The Hall–Kier alpha value is -3.02. The number of nitrogens with zero attached hydrogens (tertiary/aromatic N) is 1. The highest BCUT2D eigenvalue weighted by molar-refractivity contribution is 7.93. The molecule has 0 radical (unpaired) electrons. The van der Waals surface area contributed by atoms with Crippen molar-refractivity contribution in [3.05, 3.63) is 52.6 Å². The van der Waals surface area contributed by atoms with Gasteiger partial charge in [-0.15, -0.1) is 0 Å². The van der Waals surface area contributed by atoms with E-state index in [-0.39, 0.29) is 15.8 Å². The minimum atomic E-state index is -4.43. The lowest BCUT2D eigenvalue weighted by Gasteiger charge is -2.11. The van der Waals surface area contributed by atoms with Crippen molar-refractivity contribution < 1.29 is 30.7 Å². The van der Waals surface area contributed by atoms with Crippen molar-refractivity contribution >= 4 is 26.6 Å². The summed E-state index contributed by atoms with van der Waals surface area (Å²) in [5.41, 5.74) is -1.29. The van der Waals surface area contributed by atoms with E-state index in [1.54, 1.807) is 0 Å². The Morgan fingerprint density at radius 1 is 1.22 bits per heavy atom. The van der Waals surface area contributed by atoms with Crippen molar-refractivity contribution in [2.24, 2.45) is 7.05 Å². The lowest BCUT2D eigenvalue weighted by Crippen LogP contribution is -2.17. The quantitative estimate of drug-likeness (QED) is 0.638. The first-order valence-corrected chi connectivity index (χ1v) is 8.72. The van der Waals surface area contributed by atoms with E-state index in [1.807, 2.05) is 4.72 Å². The summed E-state index contributed by atoms with van der Waals surface area (Å²) in [7, 11) is -2.96. The molecule has 3 rings (SSSR count). The van der Waals surface area contributed by atoms with Gasteiger partial charge in [0, 0.05) is 37.0 Å². The van der Waals surface area contributed by atoms with E-state index in [0.717, 1.165) is 6.20 Å². The zero-order valence-electron chi connectivity index (χ0n) is 13.5. The lowest BCUT2D eigenvalue weighted by atomic mass is 10.3. The topological polar surface area (TPSA) is 93.2 Å². The van der Waals surface area contributed by atoms with Crippen LogP contribution in [0.4, 0.5) is 23.2 Å². The molecule has 0 saturated heterocycles. The highest BCUT2D eigenvalue weighted by Crippen LogP contribution is 2.29. The number of alkyl halides is 2. The second-order valence-electron chi connectivity index (χ2n) is 5.42. The van der Waals surface area contributed by atoms with Gasteiger partial charge in [-0.2, -0.15) is 8.78 Å². The van der Waals surface area contributed by atoms with Gasteiger partial charge in [-0.25, -0.2) is 17.2 Å². The molecule has 0 aliphatic heterocycles. The Morgan fingerprint density at radius 2 is 1.93 bits per heavy atom. The first-order valence-electron chi connectivity index (χ1n) is 7.23. The van der Waals surface area contributed by atoms with Crippen LogP contribution in [0.15, 0.2) is 40.3 Å². The van der Waals surface area contributed by atoms with Crippen molar-refractivity contribution in [2.75, 3.05) is 4.72 Å². The van der Waals surface area contributed by atoms with Gasteiger partial charge in [-0.1, -0.05) is 0 Å². The van der Waals surface area contributed by atoms with Crippen LogP contribution < -0.4 is 15.0 Å². The minimum absolute atomic E-state index is 0.00714. The summed E-state index contributed by atoms with van der Waals surface area (Å²) in [6.07, 6.45) is 2.37. The summed E-state index contributed by atoms with van der Waals surface area (Å²) in [6, 6.07) is 2.03. The maximum absolute atomic E-state index is 14.0. The number of pyridine rings is 1. The van der Waals surface area contributed by atoms with E-state index in [9.17, 15) is 30.8 Å². The average Bonchev–Trinajstić information content (AvgIpc) is 3.00. The molecule has 3 aromatic rings. The number of aromatic nitrogens is 2. The monoisotopic (exact) mass is 405 g/mol. The third kappa shape index (κ3) is 3.47. The predicted molar refractivity (Wildman–Crippen MR) is 87.3 cm³/mol. The number of anilines is 1. The van der Waals surface area contributed by atoms with E-state index >= 15 is 0 Å². The SMILES string of the molecule is Cn1ccc2c(S(=O)(=O)Nc3cc(F)c(OC(F)F)cc3F)c[nH]c2c1=O. The van der Waals surface area contributed by atoms with Crippen LogP contribution in [0.5, 0.6) is 5.75 Å². The van der Waals surface area contributed by atoms with E-state index in [0.29, 0.717) is 12.1 Å². The van der Waals surface area contributed by atoms with Gasteiger partial charge in [0.15, 0.2) is 17.4 Å². The third-order valence-electron chi connectivity index (χ3n) is 3.65. The number of fused-ring (bicyclic) bond motifs is 1. The fourth-order valence-electron chi connectivity index (χ4n) is 2.40. The number of rotatable bonds is 5. The molecule has 2 aromatic heterocycles. The Labute approximate surface area is 149 Å². The fraction of sp³-hybridized carbons (Fsp3) is 0.133. The van der Waals surface area contributed by atoms with Gasteiger partial charge in [-0.05, 0) is 6.07 Å². The fourth-order valence-corrected chi connectivity index (χ4v) is 3.63. The van der Waals surface area contributed by atoms with Crippen LogP contribution in [0.3, 0.4) is 0 Å². The van der Waals surface area contributed by atoms with Gasteiger partial charge < -0.3 is 14.3 Å². The first kappa shape index (κ1) is 18.8. The minimum Gasteiger partial charge on any atom is -0.432 e. The van der Waals surface area contributed by atoms with Gasteiger partial charge in [0.2, 0.25) is 0 Å². The van der Waals surface area contributed by atoms with Crippen LogP contribution in [0, 0.1) is 11.6 Å². The van der Waals surface area contributed by atoms with Crippen molar-refractivity contribution in [2.45, 2.75) is 11.5 Å². The predicted octanol–water partition coefficient (Wildman–Crippen LogP) is 2.55. The third-order valence-corrected chi connectivity index (χ3v) is 5.06. The van der Waals surface area contributed by atoms with Gasteiger partial charge in [0.1, 0.15) is 10.4 Å². The van der Waals surface area contributed by atoms with Crippen LogP contribution in [0.25, 0.3) is 10.9 Å². The summed E-state index contributed by atoms with van der Waals surface area (Å²) in [4.78, 5) is 14.1. The van der Waals surface area contributed by atoms with Crippen LogP contribution in [0.1, 0.15) is 0 Å². The van der Waals surface area contributed by atoms with Crippen molar-refractivity contribution in [3.63, 3.8) is 0 Å². The van der Waals surface area contributed by atoms with Crippen LogP contribution in [-0.4, -0.2) is 24.6 Å². The Morgan fingerprint density at radius 3 is 2.59 bits per heavy atom. The molecule has 0 spiro atoms. The summed E-state index contributed by atoms with van der Waals surface area (Å²) < 4.78 is 83.9. The van der Waals surface area contributed by atoms with Crippen molar-refractivity contribution in [1.82, 2.24) is 9.55 Å². The van der Waals surface area contributed by atoms with Crippen LogP contribution >= 0.6 is 0 Å². The molecule has 0 amide bonds. The molecule has 7 nitrogen and oxygen atoms in total. The molecule has 0 atom stereocenters. The number of aromatic amines is 1. The molecule has 12 heteroatoms. The zero-order valence-corrected chi connectivity index (χ0v) is 14.3. The molecule has 0 unspecified atom stereocenters. The molecule has 1 aromatic carbocycles. The number of aryl methyl sites for hydroxylation is 1. The molecule has 0 aliphatic carbocycles. The summed E-state index contributed by atoms with van der Waals surface area (Å²) in [6.45, 7) is -3.38. The molecule has 0 aliphatic rings. The Bertz CT molecular complexity index is 1190. The number of hydrogen-bond donors (Lipinski definition) is 2.